The molecule has 0 radical (unpaired) electrons. The zero-order chi connectivity index (χ0) is 14.1. The standard InChI is InChI=1S/C11H19BrN4O2/c1-10(2,3)16-8(17)7(18-5)11(4,6-12)9(16)14-15-13/h7,9H,6H2,1-5H3/t7-,9-,11+/m1/s1. The van der Waals surface area contributed by atoms with Crippen LogP contribution in [0.25, 0.3) is 10.4 Å². The zero-order valence-electron chi connectivity index (χ0n) is 11.3. The first-order chi connectivity index (χ1) is 8.23. The fourth-order valence-electron chi connectivity index (χ4n) is 2.40. The van der Waals surface area contributed by atoms with Crippen molar-refractivity contribution < 1.29 is 9.53 Å². The summed E-state index contributed by atoms with van der Waals surface area (Å²) >= 11 is 3.40. The maximum atomic E-state index is 12.4. The van der Waals surface area contributed by atoms with E-state index in [0.717, 1.165) is 0 Å². The summed E-state index contributed by atoms with van der Waals surface area (Å²) in [5, 5.41) is 4.33. The molecule has 0 aromatic carbocycles. The molecule has 1 aliphatic rings. The van der Waals surface area contributed by atoms with Crippen molar-refractivity contribution in [2.24, 2.45) is 10.5 Å². The second-order valence-corrected chi connectivity index (χ2v) is 6.27. The minimum Gasteiger partial charge on any atom is -0.371 e. The van der Waals surface area contributed by atoms with Gasteiger partial charge in [0.1, 0.15) is 12.3 Å². The van der Waals surface area contributed by atoms with Crippen LogP contribution >= 0.6 is 15.9 Å². The van der Waals surface area contributed by atoms with Gasteiger partial charge in [-0.25, -0.2) is 0 Å². The molecule has 102 valence electrons. The quantitative estimate of drug-likeness (QED) is 0.347. The van der Waals surface area contributed by atoms with Crippen molar-refractivity contribution in [2.75, 3.05) is 12.4 Å². The number of methoxy groups -OCH3 is 1. The maximum Gasteiger partial charge on any atom is 0.253 e. The topological polar surface area (TPSA) is 78.3 Å². The lowest BCUT2D eigenvalue weighted by Crippen LogP contribution is -2.49. The van der Waals surface area contributed by atoms with Crippen LogP contribution < -0.4 is 0 Å². The third-order valence-corrected chi connectivity index (χ3v) is 4.51. The Morgan fingerprint density at radius 2 is 2.17 bits per heavy atom. The van der Waals surface area contributed by atoms with Gasteiger partial charge in [0.2, 0.25) is 0 Å². The van der Waals surface area contributed by atoms with Crippen molar-refractivity contribution in [3.8, 4) is 0 Å². The largest absolute Gasteiger partial charge is 0.371 e. The highest BCUT2D eigenvalue weighted by molar-refractivity contribution is 9.09. The number of alkyl halides is 1. The van der Waals surface area contributed by atoms with E-state index in [1.165, 1.54) is 7.11 Å². The van der Waals surface area contributed by atoms with Crippen LogP contribution in [-0.2, 0) is 9.53 Å². The third-order valence-electron chi connectivity index (χ3n) is 3.30. The van der Waals surface area contributed by atoms with Crippen molar-refractivity contribution in [2.45, 2.75) is 45.5 Å². The van der Waals surface area contributed by atoms with E-state index in [9.17, 15) is 4.79 Å². The van der Waals surface area contributed by atoms with E-state index in [2.05, 4.69) is 26.0 Å². The Morgan fingerprint density at radius 1 is 1.61 bits per heavy atom. The predicted molar refractivity (Wildman–Crippen MR) is 72.2 cm³/mol. The summed E-state index contributed by atoms with van der Waals surface area (Å²) in [6.07, 6.45) is -1.16. The van der Waals surface area contributed by atoms with Crippen LogP contribution in [0.2, 0.25) is 0 Å². The van der Waals surface area contributed by atoms with Gasteiger partial charge in [-0.05, 0) is 26.3 Å². The van der Waals surface area contributed by atoms with Crippen LogP contribution in [0.15, 0.2) is 5.11 Å². The summed E-state index contributed by atoms with van der Waals surface area (Å²) < 4.78 is 5.33. The van der Waals surface area contributed by atoms with E-state index < -0.39 is 23.2 Å². The van der Waals surface area contributed by atoms with Gasteiger partial charge in [-0.3, -0.25) is 4.79 Å². The molecule has 1 fully saturated rings. The van der Waals surface area contributed by atoms with Crippen LogP contribution in [0.5, 0.6) is 0 Å². The first-order valence-electron chi connectivity index (χ1n) is 5.70. The molecule has 6 nitrogen and oxygen atoms in total. The number of azide groups is 1. The highest BCUT2D eigenvalue weighted by atomic mass is 79.9. The normalized spacial score (nSPS) is 32.6. The van der Waals surface area contributed by atoms with Crippen LogP contribution in [0.4, 0.5) is 0 Å². The average Bonchev–Trinajstić information content (AvgIpc) is 2.48. The van der Waals surface area contributed by atoms with Crippen molar-refractivity contribution in [1.29, 1.82) is 0 Å². The molecule has 7 heteroatoms. The summed E-state index contributed by atoms with van der Waals surface area (Å²) in [6, 6.07) is 0. The predicted octanol–water partition coefficient (Wildman–Crippen LogP) is 2.68. The molecule has 1 saturated heterocycles. The molecule has 1 amide bonds. The van der Waals surface area contributed by atoms with Gasteiger partial charge in [0, 0.05) is 28.3 Å². The Kier molecular flexibility index (Phi) is 4.30. The molecule has 0 aromatic heterocycles. The number of halogens is 1. The summed E-state index contributed by atoms with van der Waals surface area (Å²) in [5.41, 5.74) is 7.75. The summed E-state index contributed by atoms with van der Waals surface area (Å²) in [5.74, 6) is -0.135. The number of rotatable bonds is 3. The Balaban J connectivity index is 3.36. The van der Waals surface area contributed by atoms with E-state index in [4.69, 9.17) is 10.3 Å². The van der Waals surface area contributed by atoms with Crippen molar-refractivity contribution in [1.82, 2.24) is 4.90 Å². The molecular formula is C11H19BrN4O2. The van der Waals surface area contributed by atoms with Gasteiger partial charge in [0.05, 0.1) is 0 Å². The number of likely N-dealkylation sites (tertiary alicyclic amines) is 1. The van der Waals surface area contributed by atoms with Gasteiger partial charge in [-0.1, -0.05) is 28.0 Å². The van der Waals surface area contributed by atoms with Crippen LogP contribution in [0, 0.1) is 5.41 Å². The number of nitrogens with zero attached hydrogens (tertiary/aromatic N) is 4. The zero-order valence-corrected chi connectivity index (χ0v) is 12.9. The number of carbonyl (C=O) groups is 1. The Morgan fingerprint density at radius 3 is 2.50 bits per heavy atom. The minimum atomic E-state index is -0.605. The molecule has 3 atom stereocenters. The van der Waals surface area contributed by atoms with Gasteiger partial charge in [-0.15, -0.1) is 0 Å². The SMILES string of the molecule is CO[C@@H]1C(=O)N(C(C)(C)C)[C@@H](N=[N+]=[N-])[C@@]1(C)CBr. The molecule has 0 bridgehead atoms. The Bertz CT molecular complexity index is 389. The summed E-state index contributed by atoms with van der Waals surface area (Å²) in [4.78, 5) is 16.9. The molecule has 1 rings (SSSR count). The van der Waals surface area contributed by atoms with Gasteiger partial charge in [0.25, 0.3) is 5.91 Å². The Labute approximate surface area is 115 Å². The van der Waals surface area contributed by atoms with Crippen molar-refractivity contribution in [3.63, 3.8) is 0 Å². The average molecular weight is 319 g/mol. The molecule has 1 aliphatic heterocycles. The summed E-state index contributed by atoms with van der Waals surface area (Å²) in [6.45, 7) is 7.63. The first-order valence-corrected chi connectivity index (χ1v) is 6.82. The number of amides is 1. The van der Waals surface area contributed by atoms with Gasteiger partial charge >= 0.3 is 0 Å². The second kappa shape index (κ2) is 5.07. The van der Waals surface area contributed by atoms with Gasteiger partial charge < -0.3 is 9.64 Å². The monoisotopic (exact) mass is 318 g/mol. The lowest BCUT2D eigenvalue weighted by Gasteiger charge is -2.38. The lowest BCUT2D eigenvalue weighted by atomic mass is 9.86. The van der Waals surface area contributed by atoms with E-state index in [1.54, 1.807) is 4.90 Å². The molecule has 0 aromatic rings. The lowest BCUT2D eigenvalue weighted by molar-refractivity contribution is -0.141. The van der Waals surface area contributed by atoms with Crippen molar-refractivity contribution >= 4 is 21.8 Å². The molecule has 0 aliphatic carbocycles. The molecular weight excluding hydrogens is 300 g/mol. The van der Waals surface area contributed by atoms with E-state index in [0.29, 0.717) is 5.33 Å². The molecule has 0 unspecified atom stereocenters. The highest BCUT2D eigenvalue weighted by Crippen LogP contribution is 2.44. The fourth-order valence-corrected chi connectivity index (χ4v) is 2.98. The van der Waals surface area contributed by atoms with E-state index in [1.807, 2.05) is 27.7 Å². The Hall–Kier alpha value is -0.780. The third kappa shape index (κ3) is 2.22. The van der Waals surface area contributed by atoms with Gasteiger partial charge in [-0.2, -0.15) is 0 Å². The molecule has 18 heavy (non-hydrogen) atoms. The fraction of sp³-hybridized carbons (Fsp3) is 0.909. The van der Waals surface area contributed by atoms with Crippen molar-refractivity contribution in [3.05, 3.63) is 10.4 Å². The molecule has 0 saturated carbocycles. The number of hydrogen-bond donors (Lipinski definition) is 0. The number of carbonyl (C=O) groups excluding carboxylic acids is 1. The minimum absolute atomic E-state index is 0.135. The van der Waals surface area contributed by atoms with Crippen LogP contribution in [0.1, 0.15) is 27.7 Å². The van der Waals surface area contributed by atoms with E-state index in [-0.39, 0.29) is 5.91 Å². The highest BCUT2D eigenvalue weighted by Gasteiger charge is 2.58. The molecule has 1 heterocycles. The number of hydrogen-bond acceptors (Lipinski definition) is 3. The molecule has 0 spiro atoms. The van der Waals surface area contributed by atoms with E-state index >= 15 is 0 Å². The first kappa shape index (κ1) is 15.3. The smallest absolute Gasteiger partial charge is 0.253 e. The van der Waals surface area contributed by atoms with Crippen LogP contribution in [-0.4, -0.2) is 41.1 Å². The summed E-state index contributed by atoms with van der Waals surface area (Å²) in [7, 11) is 1.50. The maximum absolute atomic E-state index is 12.4. The second-order valence-electron chi connectivity index (χ2n) is 5.71. The van der Waals surface area contributed by atoms with Crippen LogP contribution in [0.3, 0.4) is 0 Å². The number of ether oxygens (including phenoxy) is 1. The molecule has 0 N–H and O–H groups in total. The van der Waals surface area contributed by atoms with Gasteiger partial charge in [0.15, 0.2) is 0 Å².